The van der Waals surface area contributed by atoms with Gasteiger partial charge in [0.15, 0.2) is 0 Å². The molecular weight excluding hydrogens is 252 g/mol. The van der Waals surface area contributed by atoms with Crippen molar-refractivity contribution in [1.82, 2.24) is 5.32 Å². The van der Waals surface area contributed by atoms with Crippen molar-refractivity contribution in [1.29, 1.82) is 0 Å². The van der Waals surface area contributed by atoms with Crippen LogP contribution in [0.3, 0.4) is 0 Å². The maximum absolute atomic E-state index is 12.7. The Morgan fingerprint density at radius 3 is 2.80 bits per heavy atom. The van der Waals surface area contributed by atoms with E-state index in [1.165, 1.54) is 11.1 Å². The van der Waals surface area contributed by atoms with Gasteiger partial charge >= 0.3 is 0 Å². The lowest BCUT2D eigenvalue weighted by Gasteiger charge is -2.31. The predicted octanol–water partition coefficient (Wildman–Crippen LogP) is 1.89. The molecule has 1 N–H and O–H groups in total. The Labute approximate surface area is 119 Å². The summed E-state index contributed by atoms with van der Waals surface area (Å²) in [6, 6.07) is 5.97. The number of ether oxygens (including phenoxy) is 1. The van der Waals surface area contributed by atoms with Gasteiger partial charge in [0.1, 0.15) is 5.75 Å². The van der Waals surface area contributed by atoms with Crippen molar-refractivity contribution >= 4 is 11.6 Å². The lowest BCUT2D eigenvalue weighted by atomic mass is 9.98. The number of nitrogens with zero attached hydrogens (tertiary/aromatic N) is 1. The molecule has 2 aliphatic heterocycles. The van der Waals surface area contributed by atoms with Crippen LogP contribution in [0.4, 0.5) is 5.69 Å². The average molecular weight is 272 g/mol. The summed E-state index contributed by atoms with van der Waals surface area (Å²) in [6.07, 6.45) is 2.01. The Morgan fingerprint density at radius 1 is 1.35 bits per heavy atom. The number of amides is 1. The minimum Gasteiger partial charge on any atom is -0.497 e. The van der Waals surface area contributed by atoms with Crippen molar-refractivity contribution in [2.45, 2.75) is 19.8 Å². The average Bonchev–Trinajstić information content (AvgIpc) is 2.43. The van der Waals surface area contributed by atoms with Crippen LogP contribution in [0.15, 0.2) is 29.3 Å². The Bertz CT molecular complexity index is 572. The third-order valence-corrected chi connectivity index (χ3v) is 4.18. The van der Waals surface area contributed by atoms with Gasteiger partial charge < -0.3 is 15.0 Å². The largest absolute Gasteiger partial charge is 0.497 e. The summed E-state index contributed by atoms with van der Waals surface area (Å²) in [5.74, 6) is 1.00. The summed E-state index contributed by atoms with van der Waals surface area (Å²) >= 11 is 0. The summed E-state index contributed by atoms with van der Waals surface area (Å²) in [5.41, 5.74) is 4.37. The van der Waals surface area contributed by atoms with Gasteiger partial charge in [-0.15, -0.1) is 0 Å². The van der Waals surface area contributed by atoms with Crippen LogP contribution in [0.1, 0.15) is 18.9 Å². The van der Waals surface area contributed by atoms with E-state index in [2.05, 4.69) is 5.32 Å². The molecule has 0 spiro atoms. The highest BCUT2D eigenvalue weighted by molar-refractivity contribution is 6.06. The number of benzene rings is 1. The standard InChI is InChI=1S/C16H20N2O2/c1-11(13-9-17-10-13)16(19)18-7-3-4-12-8-14(20-2)5-6-15(12)18/h5-6,8,17H,3-4,7,9-10H2,1-2H3. The number of hydrogen-bond donors (Lipinski definition) is 1. The molecule has 20 heavy (non-hydrogen) atoms. The van der Waals surface area contributed by atoms with Gasteiger partial charge in [0.05, 0.1) is 7.11 Å². The van der Waals surface area contributed by atoms with Gasteiger partial charge in [0, 0.05) is 30.9 Å². The third-order valence-electron chi connectivity index (χ3n) is 4.18. The maximum atomic E-state index is 12.7. The molecule has 4 heteroatoms. The van der Waals surface area contributed by atoms with E-state index in [1.54, 1.807) is 7.11 Å². The smallest absolute Gasteiger partial charge is 0.253 e. The Morgan fingerprint density at radius 2 is 2.15 bits per heavy atom. The fourth-order valence-electron chi connectivity index (χ4n) is 2.78. The van der Waals surface area contributed by atoms with Crippen molar-refractivity contribution in [3.8, 4) is 5.75 Å². The van der Waals surface area contributed by atoms with Gasteiger partial charge in [-0.25, -0.2) is 0 Å². The molecule has 1 fully saturated rings. The molecule has 0 unspecified atom stereocenters. The number of carbonyl (C=O) groups is 1. The lowest BCUT2D eigenvalue weighted by Crippen LogP contribution is -2.40. The zero-order valence-corrected chi connectivity index (χ0v) is 12.0. The Balaban J connectivity index is 1.91. The van der Waals surface area contributed by atoms with E-state index in [-0.39, 0.29) is 5.91 Å². The van der Waals surface area contributed by atoms with E-state index < -0.39 is 0 Å². The van der Waals surface area contributed by atoms with Crippen molar-refractivity contribution in [2.75, 3.05) is 31.6 Å². The highest BCUT2D eigenvalue weighted by Gasteiger charge is 2.26. The zero-order valence-electron chi connectivity index (χ0n) is 12.0. The van der Waals surface area contributed by atoms with E-state index in [0.29, 0.717) is 0 Å². The summed E-state index contributed by atoms with van der Waals surface area (Å²) < 4.78 is 5.27. The van der Waals surface area contributed by atoms with Crippen LogP contribution in [0.5, 0.6) is 5.75 Å². The first kappa shape index (κ1) is 13.2. The topological polar surface area (TPSA) is 41.6 Å². The summed E-state index contributed by atoms with van der Waals surface area (Å²) in [6.45, 7) is 4.44. The Hall–Kier alpha value is -1.81. The second-order valence-electron chi connectivity index (χ2n) is 5.39. The zero-order chi connectivity index (χ0) is 14.1. The second kappa shape index (κ2) is 5.29. The molecule has 0 saturated carbocycles. The minimum absolute atomic E-state index is 0.146. The number of fused-ring (bicyclic) bond motifs is 1. The van der Waals surface area contributed by atoms with Crippen LogP contribution in [0.25, 0.3) is 0 Å². The van der Waals surface area contributed by atoms with Crippen molar-refractivity contribution in [3.05, 3.63) is 34.9 Å². The molecule has 1 amide bonds. The number of carbonyl (C=O) groups excluding carboxylic acids is 1. The number of rotatable bonds is 2. The molecule has 1 aromatic rings. The first-order valence-electron chi connectivity index (χ1n) is 7.09. The first-order chi connectivity index (χ1) is 9.70. The van der Waals surface area contributed by atoms with E-state index in [4.69, 9.17) is 4.74 Å². The van der Waals surface area contributed by atoms with Gasteiger partial charge in [-0.1, -0.05) is 0 Å². The number of aryl methyl sites for hydroxylation is 1. The maximum Gasteiger partial charge on any atom is 0.253 e. The summed E-state index contributed by atoms with van der Waals surface area (Å²) in [4.78, 5) is 14.6. The molecule has 106 valence electrons. The van der Waals surface area contributed by atoms with E-state index in [0.717, 1.165) is 49.5 Å². The fourth-order valence-corrected chi connectivity index (χ4v) is 2.78. The third kappa shape index (κ3) is 2.20. The van der Waals surface area contributed by atoms with Crippen molar-refractivity contribution in [2.24, 2.45) is 0 Å². The highest BCUT2D eigenvalue weighted by atomic mass is 16.5. The summed E-state index contributed by atoms with van der Waals surface area (Å²) in [7, 11) is 1.67. The van der Waals surface area contributed by atoms with Gasteiger partial charge in [-0.05, 0) is 49.1 Å². The Kier molecular flexibility index (Phi) is 3.49. The molecule has 0 aliphatic carbocycles. The number of nitrogens with one attached hydrogen (secondary N) is 1. The van der Waals surface area contributed by atoms with Crippen LogP contribution in [0, 0.1) is 0 Å². The monoisotopic (exact) mass is 272 g/mol. The highest BCUT2D eigenvalue weighted by Crippen LogP contribution is 2.31. The lowest BCUT2D eigenvalue weighted by molar-refractivity contribution is -0.115. The number of methoxy groups -OCH3 is 1. The fraction of sp³-hybridized carbons (Fsp3) is 0.438. The molecule has 2 heterocycles. The van der Waals surface area contributed by atoms with Crippen molar-refractivity contribution in [3.63, 3.8) is 0 Å². The number of hydrogen-bond acceptors (Lipinski definition) is 3. The van der Waals surface area contributed by atoms with Gasteiger partial charge in [-0.2, -0.15) is 0 Å². The van der Waals surface area contributed by atoms with Crippen LogP contribution in [0.2, 0.25) is 0 Å². The molecule has 0 atom stereocenters. The number of anilines is 1. The molecule has 1 saturated heterocycles. The molecule has 3 rings (SSSR count). The van der Waals surface area contributed by atoms with Crippen LogP contribution >= 0.6 is 0 Å². The summed E-state index contributed by atoms with van der Waals surface area (Å²) in [5, 5.41) is 3.19. The second-order valence-corrected chi connectivity index (χ2v) is 5.39. The van der Waals surface area contributed by atoms with E-state index in [9.17, 15) is 4.79 Å². The minimum atomic E-state index is 0.146. The molecule has 0 radical (unpaired) electrons. The van der Waals surface area contributed by atoms with Gasteiger partial charge in [-0.3, -0.25) is 4.79 Å². The van der Waals surface area contributed by atoms with Crippen LogP contribution in [-0.2, 0) is 11.2 Å². The molecule has 0 aromatic heterocycles. The quantitative estimate of drug-likeness (QED) is 0.836. The molecule has 1 aromatic carbocycles. The van der Waals surface area contributed by atoms with Crippen molar-refractivity contribution < 1.29 is 9.53 Å². The van der Waals surface area contributed by atoms with Gasteiger partial charge in [0.2, 0.25) is 0 Å². The molecule has 0 bridgehead atoms. The SMILES string of the molecule is COc1ccc2c(c1)CCCN2C(=O)C(C)=C1CNC1. The van der Waals surface area contributed by atoms with Gasteiger partial charge in [0.25, 0.3) is 5.91 Å². The normalized spacial score (nSPS) is 17.3. The molecule has 4 nitrogen and oxygen atoms in total. The van der Waals surface area contributed by atoms with Crippen LogP contribution in [-0.4, -0.2) is 32.7 Å². The molecule has 2 aliphatic rings. The predicted molar refractivity (Wildman–Crippen MR) is 79.2 cm³/mol. The molecular formula is C16H20N2O2. The van der Waals surface area contributed by atoms with E-state index >= 15 is 0 Å². The van der Waals surface area contributed by atoms with E-state index in [1.807, 2.05) is 30.0 Å². The first-order valence-corrected chi connectivity index (χ1v) is 7.09. The van der Waals surface area contributed by atoms with Crippen LogP contribution < -0.4 is 15.0 Å².